The summed E-state index contributed by atoms with van der Waals surface area (Å²) in [4.78, 5) is 0. The van der Waals surface area contributed by atoms with Gasteiger partial charge in [0.1, 0.15) is 0 Å². The molecule has 0 saturated heterocycles. The van der Waals surface area contributed by atoms with Crippen LogP contribution in [0.15, 0.2) is 18.2 Å². The Morgan fingerprint density at radius 2 is 1.78 bits per heavy atom. The standard InChI is InChI=1S/C17H29N/c1-6-9-14-13-15(17(4,5)8-3)10-11-16(14)18-12-7-2/h10-11,13,18H,6-9,12H2,1-5H3. The van der Waals surface area contributed by atoms with Crippen LogP contribution in [0.4, 0.5) is 5.69 Å². The molecule has 0 saturated carbocycles. The summed E-state index contributed by atoms with van der Waals surface area (Å²) < 4.78 is 0. The maximum absolute atomic E-state index is 3.54. The lowest BCUT2D eigenvalue weighted by Crippen LogP contribution is -2.16. The molecule has 1 aromatic rings. The number of hydrogen-bond acceptors (Lipinski definition) is 1. The first kappa shape index (κ1) is 15.1. The predicted molar refractivity (Wildman–Crippen MR) is 82.5 cm³/mol. The summed E-state index contributed by atoms with van der Waals surface area (Å²) in [6.07, 6.45) is 4.73. The number of aryl methyl sites for hydroxylation is 1. The third kappa shape index (κ3) is 3.76. The van der Waals surface area contributed by atoms with Gasteiger partial charge in [0.25, 0.3) is 0 Å². The molecular formula is C17H29N. The molecular weight excluding hydrogens is 218 g/mol. The van der Waals surface area contributed by atoms with Crippen LogP contribution in [0.5, 0.6) is 0 Å². The summed E-state index contributed by atoms with van der Waals surface area (Å²) in [6.45, 7) is 12.5. The molecule has 0 atom stereocenters. The van der Waals surface area contributed by atoms with Crippen LogP contribution in [0.3, 0.4) is 0 Å². The second-order valence-corrected chi connectivity index (χ2v) is 5.79. The van der Waals surface area contributed by atoms with Gasteiger partial charge in [0.2, 0.25) is 0 Å². The largest absolute Gasteiger partial charge is 0.385 e. The van der Waals surface area contributed by atoms with Crippen LogP contribution in [0.2, 0.25) is 0 Å². The third-order valence-corrected chi connectivity index (χ3v) is 3.86. The maximum Gasteiger partial charge on any atom is 0.0372 e. The lowest BCUT2D eigenvalue weighted by atomic mass is 9.81. The number of nitrogens with one attached hydrogen (secondary N) is 1. The first-order chi connectivity index (χ1) is 8.55. The van der Waals surface area contributed by atoms with Gasteiger partial charge in [-0.2, -0.15) is 0 Å². The minimum Gasteiger partial charge on any atom is -0.385 e. The molecule has 0 bridgehead atoms. The van der Waals surface area contributed by atoms with Crippen molar-refractivity contribution in [2.45, 2.75) is 65.7 Å². The second kappa shape index (κ2) is 6.82. The average molecular weight is 247 g/mol. The van der Waals surface area contributed by atoms with Gasteiger partial charge in [-0.3, -0.25) is 0 Å². The Balaban J connectivity index is 3.02. The molecule has 0 radical (unpaired) electrons. The molecule has 1 nitrogen and oxygen atoms in total. The fourth-order valence-electron chi connectivity index (χ4n) is 2.13. The highest BCUT2D eigenvalue weighted by molar-refractivity contribution is 5.53. The van der Waals surface area contributed by atoms with E-state index in [-0.39, 0.29) is 5.41 Å². The number of hydrogen-bond donors (Lipinski definition) is 1. The zero-order valence-electron chi connectivity index (χ0n) is 12.8. The van der Waals surface area contributed by atoms with Crippen molar-refractivity contribution in [1.82, 2.24) is 0 Å². The lowest BCUT2D eigenvalue weighted by molar-refractivity contribution is 0.505. The normalized spacial score (nSPS) is 11.6. The van der Waals surface area contributed by atoms with Gasteiger partial charge in [-0.25, -0.2) is 0 Å². The van der Waals surface area contributed by atoms with E-state index >= 15 is 0 Å². The van der Waals surface area contributed by atoms with E-state index < -0.39 is 0 Å². The molecule has 0 spiro atoms. The molecule has 0 aliphatic rings. The minimum absolute atomic E-state index is 0.284. The van der Waals surface area contributed by atoms with Gasteiger partial charge in [0.15, 0.2) is 0 Å². The first-order valence-corrected chi connectivity index (χ1v) is 7.42. The van der Waals surface area contributed by atoms with Gasteiger partial charge in [-0.05, 0) is 41.9 Å². The summed E-state index contributed by atoms with van der Waals surface area (Å²) in [5.74, 6) is 0. The molecule has 1 heteroatoms. The zero-order valence-corrected chi connectivity index (χ0v) is 12.8. The highest BCUT2D eigenvalue weighted by atomic mass is 14.9. The van der Waals surface area contributed by atoms with Crippen LogP contribution in [0.1, 0.15) is 65.0 Å². The molecule has 1 rings (SSSR count). The van der Waals surface area contributed by atoms with Crippen molar-refractivity contribution in [2.24, 2.45) is 0 Å². The monoisotopic (exact) mass is 247 g/mol. The van der Waals surface area contributed by atoms with Gasteiger partial charge < -0.3 is 5.32 Å². The third-order valence-electron chi connectivity index (χ3n) is 3.86. The van der Waals surface area contributed by atoms with E-state index in [0.29, 0.717) is 0 Å². The van der Waals surface area contributed by atoms with E-state index in [9.17, 15) is 0 Å². The van der Waals surface area contributed by atoms with Crippen molar-refractivity contribution in [1.29, 1.82) is 0 Å². The maximum atomic E-state index is 3.54. The van der Waals surface area contributed by atoms with Crippen molar-refractivity contribution < 1.29 is 0 Å². The van der Waals surface area contributed by atoms with Crippen LogP contribution in [0.25, 0.3) is 0 Å². The number of benzene rings is 1. The number of rotatable bonds is 7. The molecule has 0 heterocycles. The molecule has 0 aliphatic heterocycles. The molecule has 0 fully saturated rings. The second-order valence-electron chi connectivity index (χ2n) is 5.79. The molecule has 0 amide bonds. The Morgan fingerprint density at radius 1 is 1.06 bits per heavy atom. The fourth-order valence-corrected chi connectivity index (χ4v) is 2.13. The van der Waals surface area contributed by atoms with E-state index in [1.807, 2.05) is 0 Å². The molecule has 102 valence electrons. The van der Waals surface area contributed by atoms with Gasteiger partial charge in [-0.1, -0.05) is 53.2 Å². The van der Waals surface area contributed by atoms with Crippen LogP contribution < -0.4 is 5.32 Å². The van der Waals surface area contributed by atoms with E-state index in [4.69, 9.17) is 0 Å². The van der Waals surface area contributed by atoms with Crippen molar-refractivity contribution in [2.75, 3.05) is 11.9 Å². The molecule has 0 aromatic heterocycles. The Kier molecular flexibility index (Phi) is 5.71. The van der Waals surface area contributed by atoms with Gasteiger partial charge in [0.05, 0.1) is 0 Å². The van der Waals surface area contributed by atoms with Gasteiger partial charge in [0, 0.05) is 12.2 Å². The van der Waals surface area contributed by atoms with Gasteiger partial charge >= 0.3 is 0 Å². The molecule has 0 aliphatic carbocycles. The summed E-state index contributed by atoms with van der Waals surface area (Å²) in [5, 5.41) is 3.54. The quantitative estimate of drug-likeness (QED) is 0.702. The van der Waals surface area contributed by atoms with Crippen molar-refractivity contribution >= 4 is 5.69 Å². The summed E-state index contributed by atoms with van der Waals surface area (Å²) in [5.41, 5.74) is 4.56. The number of anilines is 1. The van der Waals surface area contributed by atoms with E-state index in [2.05, 4.69) is 58.1 Å². The van der Waals surface area contributed by atoms with Gasteiger partial charge in [-0.15, -0.1) is 0 Å². The Labute approximate surface area is 113 Å². The zero-order chi connectivity index (χ0) is 13.6. The topological polar surface area (TPSA) is 12.0 Å². The van der Waals surface area contributed by atoms with Crippen LogP contribution in [-0.2, 0) is 11.8 Å². The molecule has 18 heavy (non-hydrogen) atoms. The van der Waals surface area contributed by atoms with Crippen LogP contribution >= 0.6 is 0 Å². The molecule has 1 N–H and O–H groups in total. The predicted octanol–water partition coefficient (Wildman–Crippen LogP) is 5.15. The van der Waals surface area contributed by atoms with Crippen LogP contribution in [-0.4, -0.2) is 6.54 Å². The van der Waals surface area contributed by atoms with E-state index in [1.165, 1.54) is 42.5 Å². The SMILES string of the molecule is CCCNc1ccc(C(C)(C)CC)cc1CCC. The lowest BCUT2D eigenvalue weighted by Gasteiger charge is -2.25. The highest BCUT2D eigenvalue weighted by Gasteiger charge is 2.18. The Hall–Kier alpha value is -0.980. The highest BCUT2D eigenvalue weighted by Crippen LogP contribution is 2.30. The van der Waals surface area contributed by atoms with E-state index in [0.717, 1.165) is 6.54 Å². The summed E-state index contributed by atoms with van der Waals surface area (Å²) >= 11 is 0. The van der Waals surface area contributed by atoms with Crippen molar-refractivity contribution in [3.05, 3.63) is 29.3 Å². The minimum atomic E-state index is 0.284. The summed E-state index contributed by atoms with van der Waals surface area (Å²) in [7, 11) is 0. The van der Waals surface area contributed by atoms with Crippen LogP contribution in [0, 0.1) is 0 Å². The van der Waals surface area contributed by atoms with Crippen molar-refractivity contribution in [3.8, 4) is 0 Å². The average Bonchev–Trinajstić information content (AvgIpc) is 2.37. The Morgan fingerprint density at radius 3 is 2.33 bits per heavy atom. The van der Waals surface area contributed by atoms with Crippen molar-refractivity contribution in [3.63, 3.8) is 0 Å². The smallest absolute Gasteiger partial charge is 0.0372 e. The Bertz CT molecular complexity index is 366. The fraction of sp³-hybridized carbons (Fsp3) is 0.647. The molecule has 1 aromatic carbocycles. The molecule has 0 unspecified atom stereocenters. The first-order valence-electron chi connectivity index (χ1n) is 7.42. The van der Waals surface area contributed by atoms with E-state index in [1.54, 1.807) is 0 Å². The summed E-state index contributed by atoms with van der Waals surface area (Å²) in [6, 6.07) is 6.97.